The number of primary amides is 1. The summed E-state index contributed by atoms with van der Waals surface area (Å²) < 4.78 is 5.30. The van der Waals surface area contributed by atoms with Gasteiger partial charge in [0.2, 0.25) is 17.7 Å². The van der Waals surface area contributed by atoms with Gasteiger partial charge in [-0.3, -0.25) is 14.4 Å². The molecule has 0 saturated heterocycles. The SMILES string of the molecule is CCCCNC(=O)C(c1ccccc1O)N(C(=O)C(CC(N)=O)NC(=O)OC(C)(C)C)C(C)CCC(C)C. The van der Waals surface area contributed by atoms with Crippen molar-refractivity contribution in [3.63, 3.8) is 0 Å². The highest BCUT2D eigenvalue weighted by molar-refractivity contribution is 5.95. The van der Waals surface area contributed by atoms with Gasteiger partial charge in [-0.05, 0) is 58.9 Å². The number of amides is 4. The summed E-state index contributed by atoms with van der Waals surface area (Å²) in [6.07, 6.45) is 1.52. The topological polar surface area (TPSA) is 151 Å². The maximum atomic E-state index is 14.1. The monoisotopic (exact) mass is 534 g/mol. The van der Waals surface area contributed by atoms with Gasteiger partial charge in [-0.1, -0.05) is 45.4 Å². The first kappa shape index (κ1) is 32.7. The van der Waals surface area contributed by atoms with Gasteiger partial charge < -0.3 is 31.1 Å². The van der Waals surface area contributed by atoms with Gasteiger partial charge in [0.15, 0.2) is 0 Å². The molecule has 1 aromatic carbocycles. The molecule has 0 aliphatic carbocycles. The molecule has 214 valence electrons. The summed E-state index contributed by atoms with van der Waals surface area (Å²) in [6.45, 7) is 13.3. The predicted molar refractivity (Wildman–Crippen MR) is 146 cm³/mol. The van der Waals surface area contributed by atoms with Gasteiger partial charge in [0.1, 0.15) is 23.4 Å². The number of para-hydroxylation sites is 1. The van der Waals surface area contributed by atoms with E-state index in [1.165, 1.54) is 11.0 Å². The van der Waals surface area contributed by atoms with Crippen LogP contribution < -0.4 is 16.4 Å². The van der Waals surface area contributed by atoms with Crippen molar-refractivity contribution in [2.24, 2.45) is 11.7 Å². The quantitative estimate of drug-likeness (QED) is 0.267. The smallest absolute Gasteiger partial charge is 0.408 e. The number of nitrogens with two attached hydrogens (primary N) is 1. The minimum absolute atomic E-state index is 0.149. The summed E-state index contributed by atoms with van der Waals surface area (Å²) in [5.41, 5.74) is 4.84. The lowest BCUT2D eigenvalue weighted by molar-refractivity contribution is -0.146. The van der Waals surface area contributed by atoms with Crippen molar-refractivity contribution in [3.05, 3.63) is 29.8 Å². The van der Waals surface area contributed by atoms with Crippen LogP contribution in [-0.4, -0.2) is 58.1 Å². The number of ether oxygens (including phenoxy) is 1. The van der Waals surface area contributed by atoms with Crippen LogP contribution >= 0.6 is 0 Å². The number of nitrogens with one attached hydrogen (secondary N) is 2. The number of phenols is 1. The lowest BCUT2D eigenvalue weighted by Crippen LogP contribution is -2.56. The minimum Gasteiger partial charge on any atom is -0.508 e. The number of phenolic OH excluding ortho intramolecular Hbond substituents is 1. The number of hydrogen-bond acceptors (Lipinski definition) is 6. The van der Waals surface area contributed by atoms with Crippen molar-refractivity contribution < 1.29 is 29.0 Å². The molecule has 38 heavy (non-hydrogen) atoms. The number of carbonyl (C=O) groups is 4. The molecule has 0 aliphatic heterocycles. The van der Waals surface area contributed by atoms with Gasteiger partial charge >= 0.3 is 6.09 Å². The molecule has 3 atom stereocenters. The summed E-state index contributed by atoms with van der Waals surface area (Å²) in [5, 5.41) is 16.0. The average Bonchev–Trinajstić information content (AvgIpc) is 2.79. The predicted octanol–water partition coefficient (Wildman–Crippen LogP) is 3.77. The van der Waals surface area contributed by atoms with Crippen molar-refractivity contribution in [1.82, 2.24) is 15.5 Å². The molecule has 0 bridgehead atoms. The molecule has 1 aromatic rings. The Labute approximate surface area is 226 Å². The van der Waals surface area contributed by atoms with E-state index in [0.717, 1.165) is 19.3 Å². The number of rotatable bonds is 14. The van der Waals surface area contributed by atoms with E-state index in [0.29, 0.717) is 18.9 Å². The van der Waals surface area contributed by atoms with Crippen LogP contribution in [0.3, 0.4) is 0 Å². The van der Waals surface area contributed by atoms with Crippen molar-refractivity contribution in [2.75, 3.05) is 6.54 Å². The van der Waals surface area contributed by atoms with Crippen LogP contribution in [0.2, 0.25) is 0 Å². The second-order valence-electron chi connectivity index (χ2n) is 11.0. The normalized spacial score (nSPS) is 13.8. The van der Waals surface area contributed by atoms with E-state index in [4.69, 9.17) is 10.5 Å². The summed E-state index contributed by atoms with van der Waals surface area (Å²) in [6, 6.07) is 3.26. The molecule has 0 spiro atoms. The fourth-order valence-corrected chi connectivity index (χ4v) is 3.96. The van der Waals surface area contributed by atoms with E-state index >= 15 is 0 Å². The Hall–Kier alpha value is -3.30. The van der Waals surface area contributed by atoms with E-state index in [-0.39, 0.29) is 11.3 Å². The molecule has 0 saturated carbocycles. The fraction of sp³-hybridized carbons (Fsp3) is 0.643. The molecule has 1 rings (SSSR count). The molecule has 10 nitrogen and oxygen atoms in total. The van der Waals surface area contributed by atoms with Gasteiger partial charge in [0.25, 0.3) is 0 Å². The number of benzene rings is 1. The molecular weight excluding hydrogens is 488 g/mol. The highest BCUT2D eigenvalue weighted by Crippen LogP contribution is 2.32. The van der Waals surface area contributed by atoms with Gasteiger partial charge in [0.05, 0.1) is 6.42 Å². The Morgan fingerprint density at radius 2 is 1.71 bits per heavy atom. The molecule has 3 unspecified atom stereocenters. The zero-order valence-electron chi connectivity index (χ0n) is 23.9. The van der Waals surface area contributed by atoms with Crippen molar-refractivity contribution in [2.45, 2.75) is 104 Å². The van der Waals surface area contributed by atoms with Crippen LogP contribution in [-0.2, 0) is 19.1 Å². The summed E-state index contributed by atoms with van der Waals surface area (Å²) in [5.74, 6) is -1.77. The minimum atomic E-state index is -1.37. The van der Waals surface area contributed by atoms with E-state index in [1.807, 2.05) is 6.92 Å². The summed E-state index contributed by atoms with van der Waals surface area (Å²) >= 11 is 0. The van der Waals surface area contributed by atoms with E-state index in [1.54, 1.807) is 45.9 Å². The molecule has 4 amide bonds. The fourth-order valence-electron chi connectivity index (χ4n) is 3.96. The van der Waals surface area contributed by atoms with Gasteiger partial charge in [-0.25, -0.2) is 4.79 Å². The van der Waals surface area contributed by atoms with Crippen LogP contribution in [0, 0.1) is 5.92 Å². The second kappa shape index (κ2) is 15.2. The first-order valence-electron chi connectivity index (χ1n) is 13.3. The van der Waals surface area contributed by atoms with Crippen LogP contribution in [0.5, 0.6) is 5.75 Å². The largest absolute Gasteiger partial charge is 0.508 e. The Morgan fingerprint density at radius 1 is 1.08 bits per heavy atom. The lowest BCUT2D eigenvalue weighted by atomic mass is 9.96. The number of carbonyl (C=O) groups excluding carboxylic acids is 4. The van der Waals surface area contributed by atoms with E-state index in [2.05, 4.69) is 24.5 Å². The van der Waals surface area contributed by atoms with Crippen LogP contribution in [0.15, 0.2) is 24.3 Å². The van der Waals surface area contributed by atoms with Crippen molar-refractivity contribution >= 4 is 23.8 Å². The molecule has 0 fully saturated rings. The standard InChI is InChI=1S/C28H46N4O6/c1-8-9-16-30-25(35)24(20-12-10-11-13-22(20)33)32(19(4)15-14-18(2)3)26(36)21(17-23(29)34)31-27(37)38-28(5,6)7/h10-13,18-19,21,24,33H,8-9,14-17H2,1-7H3,(H2,29,34)(H,30,35)(H,31,37). The third-order valence-corrected chi connectivity index (χ3v) is 5.87. The van der Waals surface area contributed by atoms with Crippen LogP contribution in [0.25, 0.3) is 0 Å². The molecule has 10 heteroatoms. The second-order valence-corrected chi connectivity index (χ2v) is 11.0. The summed E-state index contributed by atoms with van der Waals surface area (Å²) in [7, 11) is 0. The maximum Gasteiger partial charge on any atom is 0.408 e. The van der Waals surface area contributed by atoms with Gasteiger partial charge in [-0.2, -0.15) is 0 Å². The molecule has 0 aromatic heterocycles. The Bertz CT molecular complexity index is 944. The van der Waals surface area contributed by atoms with E-state index < -0.39 is 54.0 Å². The molecule has 0 aliphatic rings. The zero-order valence-corrected chi connectivity index (χ0v) is 23.9. The average molecular weight is 535 g/mol. The third kappa shape index (κ3) is 11.0. The Morgan fingerprint density at radius 3 is 2.24 bits per heavy atom. The Kier molecular flexibility index (Phi) is 13.1. The van der Waals surface area contributed by atoms with Crippen molar-refractivity contribution in [3.8, 4) is 5.75 Å². The molecule has 0 radical (unpaired) electrons. The highest BCUT2D eigenvalue weighted by atomic mass is 16.6. The number of hydrogen-bond donors (Lipinski definition) is 4. The van der Waals surface area contributed by atoms with Crippen molar-refractivity contribution in [1.29, 1.82) is 0 Å². The molecule has 0 heterocycles. The molecule has 5 N–H and O–H groups in total. The van der Waals surface area contributed by atoms with E-state index in [9.17, 15) is 24.3 Å². The van der Waals surface area contributed by atoms with Crippen LogP contribution in [0.4, 0.5) is 4.79 Å². The number of alkyl carbamates (subject to hydrolysis) is 1. The number of aromatic hydroxyl groups is 1. The zero-order chi connectivity index (χ0) is 29.0. The molecular formula is C28H46N4O6. The summed E-state index contributed by atoms with van der Waals surface area (Å²) in [4.78, 5) is 53.6. The number of nitrogens with zero attached hydrogens (tertiary/aromatic N) is 1. The van der Waals surface area contributed by atoms with Gasteiger partial charge in [0, 0.05) is 18.2 Å². The third-order valence-electron chi connectivity index (χ3n) is 5.87. The maximum absolute atomic E-state index is 14.1. The van der Waals surface area contributed by atoms with Gasteiger partial charge in [-0.15, -0.1) is 0 Å². The van der Waals surface area contributed by atoms with Crippen LogP contribution in [0.1, 0.15) is 92.2 Å². The Balaban J connectivity index is 3.61. The first-order valence-corrected chi connectivity index (χ1v) is 13.3. The first-order chi connectivity index (χ1) is 17.7. The lowest BCUT2D eigenvalue weighted by Gasteiger charge is -2.38. The number of unbranched alkanes of at least 4 members (excludes halogenated alkanes) is 1. The highest BCUT2D eigenvalue weighted by Gasteiger charge is 2.40.